The normalized spacial score (nSPS) is 15.2. The number of carbonyl (C=O) groups is 1. The minimum atomic E-state index is -0.356. The van der Waals surface area contributed by atoms with Crippen LogP contribution in [0.5, 0.6) is 11.5 Å². The van der Waals surface area contributed by atoms with E-state index < -0.39 is 0 Å². The average Bonchev–Trinajstić information content (AvgIpc) is 3.64. The largest absolute Gasteiger partial charge is 0.493 e. The van der Waals surface area contributed by atoms with Crippen molar-refractivity contribution in [3.63, 3.8) is 0 Å². The number of hydrogen-bond acceptors (Lipinski definition) is 8. The smallest absolute Gasteiger partial charge is 0.266 e. The van der Waals surface area contributed by atoms with Crippen molar-refractivity contribution in [2.24, 2.45) is 5.10 Å². The Morgan fingerprint density at radius 2 is 1.91 bits per heavy atom. The monoisotopic (exact) mass is 492 g/mol. The highest BCUT2D eigenvalue weighted by molar-refractivity contribution is 7.12. The van der Waals surface area contributed by atoms with Gasteiger partial charge < -0.3 is 9.47 Å². The van der Waals surface area contributed by atoms with Crippen molar-refractivity contribution < 1.29 is 18.7 Å². The predicted molar refractivity (Wildman–Crippen MR) is 128 cm³/mol. The first-order valence-electron chi connectivity index (χ1n) is 10.7. The number of halogens is 1. The van der Waals surface area contributed by atoms with Crippen LogP contribution in [0, 0.1) is 5.82 Å². The van der Waals surface area contributed by atoms with Gasteiger partial charge >= 0.3 is 0 Å². The lowest BCUT2D eigenvalue weighted by atomic mass is 10.0. The quantitative estimate of drug-likeness (QED) is 0.388. The molecule has 0 N–H and O–H groups in total. The average molecular weight is 493 g/mol. The number of aromatic nitrogens is 4. The van der Waals surface area contributed by atoms with Crippen LogP contribution in [0.4, 0.5) is 4.39 Å². The molecule has 9 nitrogen and oxygen atoms in total. The fraction of sp³-hybridized carbons (Fsp3) is 0.208. The van der Waals surface area contributed by atoms with Crippen molar-refractivity contribution in [3.05, 3.63) is 76.2 Å². The van der Waals surface area contributed by atoms with E-state index in [-0.39, 0.29) is 24.3 Å². The lowest BCUT2D eigenvalue weighted by Crippen LogP contribution is -2.31. The summed E-state index contributed by atoms with van der Waals surface area (Å²) in [6, 6.07) is 14.9. The van der Waals surface area contributed by atoms with Crippen molar-refractivity contribution >= 4 is 23.0 Å². The molecule has 0 aliphatic carbocycles. The zero-order valence-corrected chi connectivity index (χ0v) is 19.8. The minimum absolute atomic E-state index is 0.154. The maximum atomic E-state index is 13.4. The molecule has 178 valence electrons. The number of ether oxygens (including phenoxy) is 2. The summed E-state index contributed by atoms with van der Waals surface area (Å²) in [5.74, 6) is 0.833. The van der Waals surface area contributed by atoms with Crippen molar-refractivity contribution in [1.29, 1.82) is 0 Å². The summed E-state index contributed by atoms with van der Waals surface area (Å²) in [5.41, 5.74) is 2.30. The molecule has 0 bridgehead atoms. The molecule has 0 spiro atoms. The van der Waals surface area contributed by atoms with E-state index in [9.17, 15) is 9.18 Å². The Hall–Kier alpha value is -4.12. The number of carbonyl (C=O) groups excluding carboxylic acids is 1. The maximum Gasteiger partial charge on any atom is 0.266 e. The summed E-state index contributed by atoms with van der Waals surface area (Å²) in [6.07, 6.45) is 0.549. The second kappa shape index (κ2) is 9.63. The molecule has 3 heterocycles. The summed E-state index contributed by atoms with van der Waals surface area (Å²) in [4.78, 5) is 15.6. The molecule has 5 rings (SSSR count). The maximum absolute atomic E-state index is 13.4. The number of amides is 1. The molecule has 1 unspecified atom stereocenters. The van der Waals surface area contributed by atoms with Crippen molar-refractivity contribution in [2.45, 2.75) is 19.0 Å². The fourth-order valence-corrected chi connectivity index (χ4v) is 4.59. The van der Waals surface area contributed by atoms with Gasteiger partial charge in [0.2, 0.25) is 5.82 Å². The van der Waals surface area contributed by atoms with E-state index in [0.717, 1.165) is 16.2 Å². The fourth-order valence-electron chi connectivity index (χ4n) is 3.87. The molecular formula is C24H21FN6O3S. The first-order valence-corrected chi connectivity index (χ1v) is 11.6. The molecule has 11 heteroatoms. The van der Waals surface area contributed by atoms with Gasteiger partial charge in [-0.1, -0.05) is 12.1 Å². The molecule has 2 aromatic carbocycles. The lowest BCUT2D eigenvalue weighted by molar-refractivity contribution is -0.134. The number of benzene rings is 2. The third kappa shape index (κ3) is 4.62. The molecule has 1 atom stereocenters. The zero-order valence-electron chi connectivity index (χ0n) is 19.0. The van der Waals surface area contributed by atoms with Crippen LogP contribution in [-0.4, -0.2) is 51.1 Å². The molecule has 2 aromatic heterocycles. The third-order valence-electron chi connectivity index (χ3n) is 5.60. The molecule has 35 heavy (non-hydrogen) atoms. The summed E-state index contributed by atoms with van der Waals surface area (Å²) in [6.45, 7) is -0.154. The van der Waals surface area contributed by atoms with Crippen LogP contribution in [0.2, 0.25) is 0 Å². The van der Waals surface area contributed by atoms with Gasteiger partial charge in [-0.05, 0) is 58.6 Å². The second-order valence-corrected chi connectivity index (χ2v) is 8.69. The van der Waals surface area contributed by atoms with Crippen LogP contribution < -0.4 is 9.47 Å². The standard InChI is InChI=1S/C24H21FN6O3S/c1-33-20-10-7-16(12-21(20)34-2)19-13-18(22-4-3-11-35-22)27-31(19)23(32)14-30-28-24(26-29-30)15-5-8-17(25)9-6-15/h3-12,19H,13-14H2,1-2H3. The number of thiophene rings is 1. The SMILES string of the molecule is COc1ccc(C2CC(c3cccs3)=NN2C(=O)Cn2nnc(-c3ccc(F)cc3)n2)cc1OC. The van der Waals surface area contributed by atoms with Gasteiger partial charge in [0.05, 0.1) is 30.9 Å². The number of rotatable bonds is 7. The summed E-state index contributed by atoms with van der Waals surface area (Å²) < 4.78 is 24.0. The van der Waals surface area contributed by atoms with Crippen LogP contribution in [0.1, 0.15) is 22.9 Å². The Morgan fingerprint density at radius 3 is 2.63 bits per heavy atom. The molecular weight excluding hydrogens is 471 g/mol. The van der Waals surface area contributed by atoms with E-state index in [0.29, 0.717) is 29.3 Å². The van der Waals surface area contributed by atoms with Gasteiger partial charge in [-0.15, -0.1) is 21.5 Å². The summed E-state index contributed by atoms with van der Waals surface area (Å²) in [5, 5.41) is 20.4. The summed E-state index contributed by atoms with van der Waals surface area (Å²) >= 11 is 1.57. The molecule has 1 aliphatic heterocycles. The van der Waals surface area contributed by atoms with E-state index in [4.69, 9.17) is 9.47 Å². The van der Waals surface area contributed by atoms with Crippen molar-refractivity contribution in [3.8, 4) is 22.9 Å². The number of hydrogen-bond donors (Lipinski definition) is 0. The molecule has 0 saturated carbocycles. The van der Waals surface area contributed by atoms with Crippen LogP contribution in [0.15, 0.2) is 65.1 Å². The van der Waals surface area contributed by atoms with Crippen LogP contribution in [0.3, 0.4) is 0 Å². The van der Waals surface area contributed by atoms with E-state index in [1.54, 1.807) is 37.7 Å². The molecule has 0 radical (unpaired) electrons. The van der Waals surface area contributed by atoms with E-state index in [1.807, 2.05) is 35.7 Å². The van der Waals surface area contributed by atoms with E-state index >= 15 is 0 Å². The van der Waals surface area contributed by atoms with Crippen molar-refractivity contribution in [1.82, 2.24) is 25.2 Å². The number of hydrazone groups is 1. The van der Waals surface area contributed by atoms with Crippen LogP contribution >= 0.6 is 11.3 Å². The zero-order chi connectivity index (χ0) is 24.4. The van der Waals surface area contributed by atoms with Gasteiger partial charge in [-0.25, -0.2) is 9.40 Å². The minimum Gasteiger partial charge on any atom is -0.493 e. The Morgan fingerprint density at radius 1 is 1.11 bits per heavy atom. The third-order valence-corrected chi connectivity index (χ3v) is 6.51. The first-order chi connectivity index (χ1) is 17.1. The van der Waals surface area contributed by atoms with Gasteiger partial charge in [-0.2, -0.15) is 9.90 Å². The van der Waals surface area contributed by atoms with Crippen LogP contribution in [-0.2, 0) is 11.3 Å². The highest BCUT2D eigenvalue weighted by atomic mass is 32.1. The molecule has 0 saturated heterocycles. The Kier molecular flexibility index (Phi) is 6.23. The Balaban J connectivity index is 1.42. The predicted octanol–water partition coefficient (Wildman–Crippen LogP) is 3.94. The van der Waals surface area contributed by atoms with Gasteiger partial charge in [0.1, 0.15) is 12.4 Å². The van der Waals surface area contributed by atoms with Gasteiger partial charge in [0.25, 0.3) is 5.91 Å². The molecule has 1 amide bonds. The molecule has 0 fully saturated rings. The summed E-state index contributed by atoms with van der Waals surface area (Å²) in [7, 11) is 3.15. The first kappa shape index (κ1) is 22.7. The molecule has 4 aromatic rings. The van der Waals surface area contributed by atoms with Gasteiger partial charge in [0, 0.05) is 12.0 Å². The highest BCUT2D eigenvalue weighted by Gasteiger charge is 2.34. The Labute approximate surface area is 204 Å². The van der Waals surface area contributed by atoms with E-state index in [2.05, 4.69) is 20.5 Å². The second-order valence-electron chi connectivity index (χ2n) is 7.75. The topological polar surface area (TPSA) is 94.7 Å². The van der Waals surface area contributed by atoms with Crippen LogP contribution in [0.25, 0.3) is 11.4 Å². The number of methoxy groups -OCH3 is 2. The van der Waals surface area contributed by atoms with Gasteiger partial charge in [0.15, 0.2) is 11.5 Å². The van der Waals surface area contributed by atoms with E-state index in [1.165, 1.54) is 21.9 Å². The Bertz CT molecular complexity index is 1370. The molecule has 1 aliphatic rings. The number of nitrogens with zero attached hydrogens (tertiary/aromatic N) is 6. The highest BCUT2D eigenvalue weighted by Crippen LogP contribution is 2.38. The number of tetrazole rings is 1. The lowest BCUT2D eigenvalue weighted by Gasteiger charge is -2.22. The van der Waals surface area contributed by atoms with Crippen molar-refractivity contribution in [2.75, 3.05) is 14.2 Å². The van der Waals surface area contributed by atoms with Gasteiger partial charge in [-0.3, -0.25) is 4.79 Å².